The third-order valence-electron chi connectivity index (χ3n) is 3.22. The summed E-state index contributed by atoms with van der Waals surface area (Å²) in [6, 6.07) is 0. The summed E-state index contributed by atoms with van der Waals surface area (Å²) in [5.74, 6) is 0. The Labute approximate surface area is 176 Å². The molecule has 0 aromatic rings. The van der Waals surface area contributed by atoms with E-state index in [1.165, 1.54) is 0 Å². The van der Waals surface area contributed by atoms with E-state index in [0.717, 1.165) is 0 Å². The lowest BCUT2D eigenvalue weighted by atomic mass is 10.6. The van der Waals surface area contributed by atoms with Crippen molar-refractivity contribution in [2.45, 2.75) is 19.6 Å². The van der Waals surface area contributed by atoms with E-state index in [-0.39, 0.29) is 6.61 Å². The molecular formula is C19H41FO8Si. The maximum Gasteiger partial charge on any atom is 0.183 e. The first-order chi connectivity index (χ1) is 14.1. The Morgan fingerprint density at radius 3 is 0.897 bits per heavy atom. The highest BCUT2D eigenvalue weighted by Crippen LogP contribution is 2.01. The molecule has 0 aromatic heterocycles. The Balaban J connectivity index is 3.02. The molecule has 0 aromatic carbocycles. The standard InChI is InChI=1S/C19H41FO8Si/c1-29(2,3)28-19-18-27-17-16-26-15-14-25-13-12-24-11-10-23-9-8-22-7-6-21-5-4-20/h4-19H2,1-3H3. The third-order valence-corrected chi connectivity index (χ3v) is 4.29. The smallest absolute Gasteiger partial charge is 0.183 e. The van der Waals surface area contributed by atoms with Crippen molar-refractivity contribution in [1.82, 2.24) is 0 Å². The largest absolute Gasteiger partial charge is 0.415 e. The van der Waals surface area contributed by atoms with Gasteiger partial charge in [0.1, 0.15) is 6.67 Å². The monoisotopic (exact) mass is 444 g/mol. The van der Waals surface area contributed by atoms with Crippen molar-refractivity contribution < 1.29 is 42.0 Å². The normalized spacial score (nSPS) is 12.0. The maximum atomic E-state index is 11.8. The van der Waals surface area contributed by atoms with Crippen LogP contribution in [0.25, 0.3) is 0 Å². The van der Waals surface area contributed by atoms with Crippen LogP contribution in [-0.4, -0.2) is 114 Å². The molecule has 0 N–H and O–H groups in total. The zero-order chi connectivity index (χ0) is 21.5. The highest BCUT2D eigenvalue weighted by atomic mass is 28.4. The number of alkyl halides is 1. The SMILES string of the molecule is C[Si](C)(C)OCCOCCOCCOCCOCCOCCOCCOCCF. The molecule has 0 radical (unpaired) electrons. The minimum absolute atomic E-state index is 0.123. The summed E-state index contributed by atoms with van der Waals surface area (Å²) in [7, 11) is -1.44. The fraction of sp³-hybridized carbons (Fsp3) is 1.00. The Hall–Kier alpha value is -0.173. The molecule has 0 aliphatic carbocycles. The Bertz CT molecular complexity index is 321. The van der Waals surface area contributed by atoms with Crippen molar-refractivity contribution in [2.75, 3.05) is 106 Å². The van der Waals surface area contributed by atoms with Crippen molar-refractivity contribution in [2.24, 2.45) is 0 Å². The van der Waals surface area contributed by atoms with E-state index in [9.17, 15) is 4.39 Å². The summed E-state index contributed by atoms with van der Waals surface area (Å²) in [5, 5.41) is 0. The van der Waals surface area contributed by atoms with Crippen LogP contribution in [0.1, 0.15) is 0 Å². The highest BCUT2D eigenvalue weighted by molar-refractivity contribution is 6.69. The number of ether oxygens (including phenoxy) is 7. The van der Waals surface area contributed by atoms with E-state index in [4.69, 9.17) is 37.6 Å². The van der Waals surface area contributed by atoms with Gasteiger partial charge in [0.25, 0.3) is 0 Å². The molecule has 0 spiro atoms. The van der Waals surface area contributed by atoms with Gasteiger partial charge in [-0.3, -0.25) is 0 Å². The number of rotatable bonds is 24. The predicted octanol–water partition coefficient (Wildman–Crippen LogP) is 1.92. The summed E-state index contributed by atoms with van der Waals surface area (Å²) < 4.78 is 54.7. The van der Waals surface area contributed by atoms with E-state index in [1.54, 1.807) is 0 Å². The van der Waals surface area contributed by atoms with Crippen LogP contribution in [0.15, 0.2) is 0 Å². The first-order valence-electron chi connectivity index (χ1n) is 10.3. The lowest BCUT2D eigenvalue weighted by Crippen LogP contribution is -2.27. The fourth-order valence-electron chi connectivity index (χ4n) is 1.88. The minimum Gasteiger partial charge on any atom is -0.415 e. The molecule has 29 heavy (non-hydrogen) atoms. The Kier molecular flexibility index (Phi) is 22.4. The van der Waals surface area contributed by atoms with Gasteiger partial charge < -0.3 is 37.6 Å². The van der Waals surface area contributed by atoms with Gasteiger partial charge >= 0.3 is 0 Å². The Morgan fingerprint density at radius 1 is 0.414 bits per heavy atom. The van der Waals surface area contributed by atoms with Gasteiger partial charge in [0, 0.05) is 0 Å². The zero-order valence-electron chi connectivity index (χ0n) is 18.5. The molecule has 0 amide bonds. The third kappa shape index (κ3) is 27.8. The van der Waals surface area contributed by atoms with Gasteiger partial charge in [0.15, 0.2) is 8.32 Å². The molecular weight excluding hydrogens is 403 g/mol. The second kappa shape index (κ2) is 22.5. The maximum absolute atomic E-state index is 11.8. The Morgan fingerprint density at radius 2 is 0.655 bits per heavy atom. The average Bonchev–Trinajstić information content (AvgIpc) is 2.67. The zero-order valence-corrected chi connectivity index (χ0v) is 19.5. The summed E-state index contributed by atoms with van der Waals surface area (Å²) in [4.78, 5) is 0. The molecule has 0 unspecified atom stereocenters. The van der Waals surface area contributed by atoms with Gasteiger partial charge in [0.05, 0.1) is 99.1 Å². The van der Waals surface area contributed by atoms with Crippen LogP contribution >= 0.6 is 0 Å². The van der Waals surface area contributed by atoms with Gasteiger partial charge in [-0.15, -0.1) is 0 Å². The molecule has 0 saturated heterocycles. The molecule has 10 heteroatoms. The van der Waals surface area contributed by atoms with E-state index in [1.807, 2.05) is 0 Å². The number of halogens is 1. The lowest BCUT2D eigenvalue weighted by molar-refractivity contribution is -0.0215. The van der Waals surface area contributed by atoms with E-state index in [0.29, 0.717) is 92.5 Å². The fourth-order valence-corrected chi connectivity index (χ4v) is 2.58. The van der Waals surface area contributed by atoms with Crippen LogP contribution in [0.2, 0.25) is 19.6 Å². The van der Waals surface area contributed by atoms with Crippen molar-refractivity contribution in [1.29, 1.82) is 0 Å². The number of hydrogen-bond donors (Lipinski definition) is 0. The topological polar surface area (TPSA) is 73.8 Å². The van der Waals surface area contributed by atoms with Gasteiger partial charge in [-0.25, -0.2) is 4.39 Å². The molecule has 0 heterocycles. The van der Waals surface area contributed by atoms with Crippen LogP contribution in [0.5, 0.6) is 0 Å². The van der Waals surface area contributed by atoms with Crippen molar-refractivity contribution in [3.05, 3.63) is 0 Å². The predicted molar refractivity (Wildman–Crippen MR) is 111 cm³/mol. The van der Waals surface area contributed by atoms with E-state index >= 15 is 0 Å². The molecule has 176 valence electrons. The summed E-state index contributed by atoms with van der Waals surface area (Å²) in [5.41, 5.74) is 0. The van der Waals surface area contributed by atoms with Crippen LogP contribution in [-0.2, 0) is 37.6 Å². The first kappa shape index (κ1) is 28.8. The molecule has 0 aliphatic heterocycles. The minimum atomic E-state index is -1.44. The number of hydrogen-bond acceptors (Lipinski definition) is 8. The van der Waals surface area contributed by atoms with Crippen LogP contribution < -0.4 is 0 Å². The van der Waals surface area contributed by atoms with E-state index < -0.39 is 15.0 Å². The molecule has 0 bridgehead atoms. The second-order valence-electron chi connectivity index (χ2n) is 6.94. The highest BCUT2D eigenvalue weighted by Gasteiger charge is 2.12. The lowest BCUT2D eigenvalue weighted by Gasteiger charge is -2.16. The van der Waals surface area contributed by atoms with Crippen LogP contribution in [0.4, 0.5) is 4.39 Å². The molecule has 0 fully saturated rings. The molecule has 0 rings (SSSR count). The van der Waals surface area contributed by atoms with Crippen LogP contribution in [0, 0.1) is 0 Å². The van der Waals surface area contributed by atoms with Crippen molar-refractivity contribution in [3.8, 4) is 0 Å². The van der Waals surface area contributed by atoms with Gasteiger partial charge in [-0.2, -0.15) is 0 Å². The van der Waals surface area contributed by atoms with Crippen molar-refractivity contribution >= 4 is 8.32 Å². The molecule has 0 atom stereocenters. The molecule has 8 nitrogen and oxygen atoms in total. The summed E-state index contributed by atoms with van der Waals surface area (Å²) in [6.45, 7) is 13.5. The van der Waals surface area contributed by atoms with Gasteiger partial charge in [0.2, 0.25) is 0 Å². The molecule has 0 saturated carbocycles. The first-order valence-corrected chi connectivity index (χ1v) is 13.7. The average molecular weight is 445 g/mol. The van der Waals surface area contributed by atoms with Crippen molar-refractivity contribution in [3.63, 3.8) is 0 Å². The summed E-state index contributed by atoms with van der Waals surface area (Å²) >= 11 is 0. The van der Waals surface area contributed by atoms with Gasteiger partial charge in [-0.1, -0.05) is 0 Å². The molecule has 0 aliphatic rings. The van der Waals surface area contributed by atoms with Gasteiger partial charge in [-0.05, 0) is 19.6 Å². The quantitative estimate of drug-likeness (QED) is 0.165. The van der Waals surface area contributed by atoms with Crippen LogP contribution in [0.3, 0.4) is 0 Å². The second-order valence-corrected chi connectivity index (χ2v) is 11.4. The summed E-state index contributed by atoms with van der Waals surface area (Å²) in [6.07, 6.45) is 0. The van der Waals surface area contributed by atoms with E-state index in [2.05, 4.69) is 19.6 Å².